The van der Waals surface area contributed by atoms with Crippen LogP contribution in [0.1, 0.15) is 70.3 Å². The third-order valence-corrected chi connectivity index (χ3v) is 7.49. The highest BCUT2D eigenvalue weighted by molar-refractivity contribution is 6.30. The number of nitrogens with one attached hydrogen (secondary N) is 1. The van der Waals surface area contributed by atoms with E-state index in [-0.39, 0.29) is 17.8 Å². The zero-order valence-electron chi connectivity index (χ0n) is 20.0. The summed E-state index contributed by atoms with van der Waals surface area (Å²) in [5, 5.41) is 3.87. The number of dihydropyridines is 1. The van der Waals surface area contributed by atoms with Gasteiger partial charge in [-0.2, -0.15) is 0 Å². The van der Waals surface area contributed by atoms with Crippen molar-refractivity contribution in [1.82, 2.24) is 5.32 Å². The van der Waals surface area contributed by atoms with Crippen molar-refractivity contribution in [1.29, 1.82) is 0 Å². The molecule has 0 amide bonds. The maximum atomic E-state index is 13.7. The molecule has 1 aromatic carbocycles. The Morgan fingerprint density at radius 1 is 1.06 bits per heavy atom. The number of rotatable bonds is 4. The highest BCUT2D eigenvalue weighted by Crippen LogP contribution is 2.45. The number of benzene rings is 1. The summed E-state index contributed by atoms with van der Waals surface area (Å²) in [5.41, 5.74) is 3.04. The summed E-state index contributed by atoms with van der Waals surface area (Å²) in [6, 6.07) is 7.15. The van der Waals surface area contributed by atoms with Crippen LogP contribution in [-0.2, 0) is 23.9 Å². The first-order valence-electron chi connectivity index (χ1n) is 12.1. The Bertz CT molecular complexity index is 1030. The summed E-state index contributed by atoms with van der Waals surface area (Å²) in [4.78, 5) is 39.8. The van der Waals surface area contributed by atoms with Crippen molar-refractivity contribution < 1.29 is 23.9 Å². The molecule has 0 saturated heterocycles. The number of allylic oxidation sites excluding steroid dienone is 3. The molecular formula is C27H32ClNO5. The SMILES string of the molecule is COC(=O)[C@@H]1C(=O)C2=C(C[C@H]1C)NC(C)=C(C(=O)OC1CCCCCC1)[C@H]2c1ccc(Cl)cc1. The molecule has 0 aromatic heterocycles. The molecule has 0 spiro atoms. The molecule has 1 aromatic rings. The van der Waals surface area contributed by atoms with Crippen molar-refractivity contribution >= 4 is 29.3 Å². The fraction of sp³-hybridized carbons (Fsp3) is 0.519. The second-order valence-electron chi connectivity index (χ2n) is 9.61. The Kier molecular flexibility index (Phi) is 7.46. The van der Waals surface area contributed by atoms with Gasteiger partial charge in [0.25, 0.3) is 0 Å². The molecule has 3 aliphatic rings. The molecular weight excluding hydrogens is 454 g/mol. The Labute approximate surface area is 205 Å². The molecule has 182 valence electrons. The maximum Gasteiger partial charge on any atom is 0.337 e. The number of hydrogen-bond acceptors (Lipinski definition) is 6. The monoisotopic (exact) mass is 485 g/mol. The van der Waals surface area contributed by atoms with E-state index in [1.165, 1.54) is 7.11 Å². The minimum Gasteiger partial charge on any atom is -0.468 e. The topological polar surface area (TPSA) is 81.7 Å². The van der Waals surface area contributed by atoms with Gasteiger partial charge >= 0.3 is 11.9 Å². The Morgan fingerprint density at radius 3 is 2.32 bits per heavy atom. The predicted octanol–water partition coefficient (Wildman–Crippen LogP) is 5.22. The number of methoxy groups -OCH3 is 1. The summed E-state index contributed by atoms with van der Waals surface area (Å²) in [7, 11) is 1.29. The number of ether oxygens (including phenoxy) is 2. The van der Waals surface area contributed by atoms with Crippen LogP contribution >= 0.6 is 11.6 Å². The van der Waals surface area contributed by atoms with E-state index in [1.807, 2.05) is 26.0 Å². The summed E-state index contributed by atoms with van der Waals surface area (Å²) >= 11 is 6.14. The van der Waals surface area contributed by atoms with Crippen molar-refractivity contribution in [3.05, 3.63) is 57.4 Å². The molecule has 1 saturated carbocycles. The number of carbonyl (C=O) groups is 3. The number of carbonyl (C=O) groups excluding carboxylic acids is 3. The molecule has 3 atom stereocenters. The largest absolute Gasteiger partial charge is 0.468 e. The lowest BCUT2D eigenvalue weighted by Gasteiger charge is -2.38. The first kappa shape index (κ1) is 24.5. The van der Waals surface area contributed by atoms with Crippen molar-refractivity contribution in [3.8, 4) is 0 Å². The third-order valence-electron chi connectivity index (χ3n) is 7.24. The van der Waals surface area contributed by atoms with Crippen LogP contribution in [0.2, 0.25) is 5.02 Å². The maximum absolute atomic E-state index is 13.7. The zero-order chi connectivity index (χ0) is 24.4. The highest BCUT2D eigenvalue weighted by atomic mass is 35.5. The smallest absolute Gasteiger partial charge is 0.337 e. The molecule has 1 heterocycles. The van der Waals surface area contributed by atoms with Gasteiger partial charge in [-0.15, -0.1) is 0 Å². The van der Waals surface area contributed by atoms with E-state index < -0.39 is 23.8 Å². The molecule has 7 heteroatoms. The molecule has 1 aliphatic heterocycles. The van der Waals surface area contributed by atoms with Gasteiger partial charge in [-0.05, 0) is 62.6 Å². The lowest BCUT2D eigenvalue weighted by molar-refractivity contribution is -0.151. The van der Waals surface area contributed by atoms with Crippen LogP contribution in [0.3, 0.4) is 0 Å². The van der Waals surface area contributed by atoms with Gasteiger partial charge in [-0.25, -0.2) is 4.79 Å². The van der Waals surface area contributed by atoms with Crippen LogP contribution in [0.5, 0.6) is 0 Å². The summed E-state index contributed by atoms with van der Waals surface area (Å²) in [5.74, 6) is -3.03. The van der Waals surface area contributed by atoms with Crippen LogP contribution in [0.25, 0.3) is 0 Å². The molecule has 2 aliphatic carbocycles. The Hall–Kier alpha value is -2.60. The average Bonchev–Trinajstić information content (AvgIpc) is 3.07. The summed E-state index contributed by atoms with van der Waals surface area (Å²) in [6.07, 6.45) is 6.49. The van der Waals surface area contributed by atoms with E-state index in [0.717, 1.165) is 49.8 Å². The summed E-state index contributed by atoms with van der Waals surface area (Å²) in [6.45, 7) is 3.72. The standard InChI is InChI=1S/C27H32ClNO5/c1-15-14-20-24(25(30)21(15)26(31)33-3)23(17-10-12-18(28)13-11-17)22(16(2)29-20)27(32)34-19-8-6-4-5-7-9-19/h10-13,15,19,21,23,29H,4-9,14H2,1-3H3/t15-,21+,23-/m1/s1. The Balaban J connectivity index is 1.76. The molecule has 6 nitrogen and oxygen atoms in total. The second-order valence-corrected chi connectivity index (χ2v) is 10.0. The van der Waals surface area contributed by atoms with E-state index >= 15 is 0 Å². The molecule has 34 heavy (non-hydrogen) atoms. The highest BCUT2D eigenvalue weighted by Gasteiger charge is 2.47. The molecule has 1 N–H and O–H groups in total. The first-order valence-corrected chi connectivity index (χ1v) is 12.5. The number of Topliss-reactive ketones (excluding diaryl/α,β-unsaturated/α-hetero) is 1. The lowest BCUT2D eigenvalue weighted by atomic mass is 9.69. The predicted molar refractivity (Wildman–Crippen MR) is 129 cm³/mol. The molecule has 0 radical (unpaired) electrons. The van der Waals surface area contributed by atoms with Gasteiger partial charge < -0.3 is 14.8 Å². The van der Waals surface area contributed by atoms with E-state index in [9.17, 15) is 14.4 Å². The van der Waals surface area contributed by atoms with Gasteiger partial charge in [0.15, 0.2) is 5.78 Å². The van der Waals surface area contributed by atoms with Gasteiger partial charge in [0.1, 0.15) is 12.0 Å². The van der Waals surface area contributed by atoms with Crippen molar-refractivity contribution in [3.63, 3.8) is 0 Å². The fourth-order valence-corrected chi connectivity index (χ4v) is 5.64. The van der Waals surface area contributed by atoms with Crippen LogP contribution in [0.4, 0.5) is 0 Å². The van der Waals surface area contributed by atoms with Crippen LogP contribution in [0.15, 0.2) is 46.8 Å². The van der Waals surface area contributed by atoms with Crippen molar-refractivity contribution in [2.45, 2.75) is 70.8 Å². The van der Waals surface area contributed by atoms with Crippen LogP contribution in [0, 0.1) is 11.8 Å². The minimum absolute atomic E-state index is 0.124. The van der Waals surface area contributed by atoms with E-state index in [0.29, 0.717) is 28.3 Å². The fourth-order valence-electron chi connectivity index (χ4n) is 5.51. The van der Waals surface area contributed by atoms with Gasteiger partial charge in [0.2, 0.25) is 0 Å². The molecule has 1 fully saturated rings. The van der Waals surface area contributed by atoms with Gasteiger partial charge in [0, 0.05) is 27.9 Å². The van der Waals surface area contributed by atoms with Crippen LogP contribution in [-0.4, -0.2) is 30.9 Å². The quantitative estimate of drug-likeness (QED) is 0.358. The van der Waals surface area contributed by atoms with E-state index in [2.05, 4.69) is 5.32 Å². The second kappa shape index (κ2) is 10.3. The van der Waals surface area contributed by atoms with E-state index in [4.69, 9.17) is 21.1 Å². The molecule has 0 unspecified atom stereocenters. The third kappa shape index (κ3) is 4.78. The average molecular weight is 486 g/mol. The van der Waals surface area contributed by atoms with Crippen LogP contribution < -0.4 is 5.32 Å². The van der Waals surface area contributed by atoms with Gasteiger partial charge in [-0.3, -0.25) is 9.59 Å². The lowest BCUT2D eigenvalue weighted by Crippen LogP contribution is -2.43. The zero-order valence-corrected chi connectivity index (χ0v) is 20.7. The molecule has 0 bridgehead atoms. The number of esters is 2. The number of halogens is 1. The Morgan fingerprint density at radius 2 is 1.71 bits per heavy atom. The first-order chi connectivity index (χ1) is 16.3. The number of ketones is 1. The normalized spacial score (nSPS) is 25.9. The number of hydrogen-bond donors (Lipinski definition) is 1. The van der Waals surface area contributed by atoms with Crippen molar-refractivity contribution in [2.24, 2.45) is 11.8 Å². The van der Waals surface area contributed by atoms with Gasteiger partial charge in [0.05, 0.1) is 12.7 Å². The molecule has 4 rings (SSSR count). The van der Waals surface area contributed by atoms with Gasteiger partial charge in [-0.1, -0.05) is 43.5 Å². The minimum atomic E-state index is -0.905. The van der Waals surface area contributed by atoms with Crippen molar-refractivity contribution in [2.75, 3.05) is 7.11 Å². The van der Waals surface area contributed by atoms with E-state index in [1.54, 1.807) is 12.1 Å². The summed E-state index contributed by atoms with van der Waals surface area (Å²) < 4.78 is 11.0.